The number of hydrogen-bond donors (Lipinski definition) is 2. The van der Waals surface area contributed by atoms with Crippen LogP contribution in [0.4, 0.5) is 5.69 Å². The number of hydrogen-bond acceptors (Lipinski definition) is 5. The van der Waals surface area contributed by atoms with Crippen molar-refractivity contribution >= 4 is 17.5 Å². The molecule has 2 aliphatic heterocycles. The molecular weight excluding hydrogens is 342 g/mol. The highest BCUT2D eigenvalue weighted by Crippen LogP contribution is 2.21. The van der Waals surface area contributed by atoms with Crippen LogP contribution in [0.15, 0.2) is 48.7 Å². The molecule has 0 unspecified atom stereocenters. The van der Waals surface area contributed by atoms with E-state index in [9.17, 15) is 9.59 Å². The molecule has 1 aromatic carbocycles. The van der Waals surface area contributed by atoms with Crippen LogP contribution in [-0.2, 0) is 11.3 Å². The van der Waals surface area contributed by atoms with Crippen molar-refractivity contribution < 1.29 is 9.59 Å². The van der Waals surface area contributed by atoms with Gasteiger partial charge in [0.1, 0.15) is 6.04 Å². The first kappa shape index (κ1) is 17.5. The van der Waals surface area contributed by atoms with Gasteiger partial charge < -0.3 is 15.5 Å². The second kappa shape index (κ2) is 7.75. The van der Waals surface area contributed by atoms with Crippen LogP contribution in [0.2, 0.25) is 0 Å². The molecule has 2 amide bonds. The molecule has 7 nitrogen and oxygen atoms in total. The molecule has 0 spiro atoms. The highest BCUT2D eigenvalue weighted by atomic mass is 16.2. The lowest BCUT2D eigenvalue weighted by atomic mass is 10.1. The number of pyridine rings is 1. The van der Waals surface area contributed by atoms with Crippen molar-refractivity contribution in [2.75, 3.05) is 38.0 Å². The fourth-order valence-electron chi connectivity index (χ4n) is 3.64. The molecule has 27 heavy (non-hydrogen) atoms. The molecule has 2 aliphatic rings. The number of piperazine rings is 2. The minimum Gasteiger partial charge on any atom is -0.379 e. The van der Waals surface area contributed by atoms with Gasteiger partial charge in [0.15, 0.2) is 0 Å². The van der Waals surface area contributed by atoms with Gasteiger partial charge in [-0.05, 0) is 24.3 Å². The van der Waals surface area contributed by atoms with Crippen molar-refractivity contribution in [3.05, 3.63) is 59.9 Å². The van der Waals surface area contributed by atoms with Gasteiger partial charge in [-0.2, -0.15) is 0 Å². The Hall–Kier alpha value is -2.93. The molecular formula is C20H23N5O2. The number of para-hydroxylation sites is 1. The molecule has 2 aromatic rings. The lowest BCUT2D eigenvalue weighted by Crippen LogP contribution is -2.64. The summed E-state index contributed by atoms with van der Waals surface area (Å²) in [6.07, 6.45) is 1.75. The Bertz CT molecular complexity index is 826. The van der Waals surface area contributed by atoms with Gasteiger partial charge >= 0.3 is 0 Å². The Kier molecular flexibility index (Phi) is 5.02. The van der Waals surface area contributed by atoms with E-state index in [1.807, 2.05) is 42.5 Å². The molecule has 1 atom stereocenters. The van der Waals surface area contributed by atoms with Crippen LogP contribution >= 0.6 is 0 Å². The second-order valence-corrected chi connectivity index (χ2v) is 6.81. The standard InChI is InChI=1S/C20H23N5O2/c26-19-18-14-25(12-11-24(18)10-9-22-19)20(27)16-6-1-2-7-17(16)23-13-15-5-3-4-8-21-15/h1-8,18,23H,9-14H2,(H,22,26)/t18-/m1/s1. The number of rotatable bonds is 4. The minimum absolute atomic E-state index is 0.0142. The zero-order chi connectivity index (χ0) is 18.6. The Balaban J connectivity index is 1.48. The third-order valence-electron chi connectivity index (χ3n) is 5.12. The first-order valence-electron chi connectivity index (χ1n) is 9.26. The molecule has 2 fully saturated rings. The molecule has 0 saturated carbocycles. The van der Waals surface area contributed by atoms with Gasteiger partial charge in [0.25, 0.3) is 5.91 Å². The van der Waals surface area contributed by atoms with Crippen molar-refractivity contribution in [3.8, 4) is 0 Å². The predicted octanol–water partition coefficient (Wildman–Crippen LogP) is 0.950. The molecule has 0 aliphatic carbocycles. The molecule has 3 heterocycles. The third-order valence-corrected chi connectivity index (χ3v) is 5.12. The summed E-state index contributed by atoms with van der Waals surface area (Å²) >= 11 is 0. The normalized spacial score (nSPS) is 19.9. The number of aromatic nitrogens is 1. The average Bonchev–Trinajstić information content (AvgIpc) is 2.73. The Morgan fingerprint density at radius 1 is 1.15 bits per heavy atom. The van der Waals surface area contributed by atoms with Crippen LogP contribution in [0.3, 0.4) is 0 Å². The van der Waals surface area contributed by atoms with Gasteiger partial charge in [-0.1, -0.05) is 18.2 Å². The van der Waals surface area contributed by atoms with Gasteiger partial charge in [-0.15, -0.1) is 0 Å². The Labute approximate surface area is 158 Å². The zero-order valence-electron chi connectivity index (χ0n) is 15.1. The van der Waals surface area contributed by atoms with Crippen molar-refractivity contribution in [2.45, 2.75) is 12.6 Å². The smallest absolute Gasteiger partial charge is 0.256 e. The van der Waals surface area contributed by atoms with E-state index in [0.717, 1.165) is 24.5 Å². The lowest BCUT2D eigenvalue weighted by molar-refractivity contribution is -0.131. The van der Waals surface area contributed by atoms with Crippen LogP contribution in [0.1, 0.15) is 16.1 Å². The topological polar surface area (TPSA) is 77.6 Å². The summed E-state index contributed by atoms with van der Waals surface area (Å²) in [4.78, 5) is 33.5. The van der Waals surface area contributed by atoms with Crippen LogP contribution in [0, 0.1) is 0 Å². The lowest BCUT2D eigenvalue weighted by Gasteiger charge is -2.43. The number of amides is 2. The molecule has 4 rings (SSSR count). The summed E-state index contributed by atoms with van der Waals surface area (Å²) in [5, 5.41) is 6.21. The van der Waals surface area contributed by atoms with E-state index < -0.39 is 0 Å². The number of nitrogens with one attached hydrogen (secondary N) is 2. The van der Waals surface area contributed by atoms with E-state index in [-0.39, 0.29) is 17.9 Å². The number of benzene rings is 1. The first-order valence-corrected chi connectivity index (χ1v) is 9.26. The molecule has 0 bridgehead atoms. The number of nitrogens with zero attached hydrogens (tertiary/aromatic N) is 3. The van der Waals surface area contributed by atoms with E-state index in [1.54, 1.807) is 11.1 Å². The Morgan fingerprint density at radius 3 is 2.85 bits per heavy atom. The largest absolute Gasteiger partial charge is 0.379 e. The molecule has 0 radical (unpaired) electrons. The molecule has 1 aromatic heterocycles. The van der Waals surface area contributed by atoms with Gasteiger partial charge in [0.2, 0.25) is 5.91 Å². The molecule has 140 valence electrons. The molecule has 2 saturated heterocycles. The summed E-state index contributed by atoms with van der Waals surface area (Å²) in [5.41, 5.74) is 2.31. The van der Waals surface area contributed by atoms with Gasteiger partial charge in [-0.3, -0.25) is 19.5 Å². The number of anilines is 1. The highest BCUT2D eigenvalue weighted by molar-refractivity contribution is 6.00. The van der Waals surface area contributed by atoms with Crippen LogP contribution in [-0.4, -0.2) is 65.4 Å². The maximum absolute atomic E-state index is 13.1. The van der Waals surface area contributed by atoms with E-state index >= 15 is 0 Å². The maximum Gasteiger partial charge on any atom is 0.256 e. The van der Waals surface area contributed by atoms with Gasteiger partial charge in [0.05, 0.1) is 17.8 Å². The van der Waals surface area contributed by atoms with Crippen molar-refractivity contribution in [1.29, 1.82) is 0 Å². The second-order valence-electron chi connectivity index (χ2n) is 6.81. The number of fused-ring (bicyclic) bond motifs is 1. The fourth-order valence-corrected chi connectivity index (χ4v) is 3.64. The van der Waals surface area contributed by atoms with Crippen LogP contribution in [0.25, 0.3) is 0 Å². The summed E-state index contributed by atoms with van der Waals surface area (Å²) in [5.74, 6) is -0.0301. The van der Waals surface area contributed by atoms with E-state index in [0.29, 0.717) is 31.7 Å². The highest BCUT2D eigenvalue weighted by Gasteiger charge is 2.36. The first-order chi connectivity index (χ1) is 13.2. The summed E-state index contributed by atoms with van der Waals surface area (Å²) < 4.78 is 0. The van der Waals surface area contributed by atoms with E-state index in [2.05, 4.69) is 20.5 Å². The SMILES string of the molecule is O=C1NCCN2CCN(C(=O)c3ccccc3NCc3ccccn3)C[C@H]12. The third kappa shape index (κ3) is 3.78. The number of carbonyl (C=O) groups excluding carboxylic acids is 2. The monoisotopic (exact) mass is 365 g/mol. The summed E-state index contributed by atoms with van der Waals surface area (Å²) in [6, 6.07) is 13.0. The Morgan fingerprint density at radius 2 is 2.00 bits per heavy atom. The van der Waals surface area contributed by atoms with Crippen molar-refractivity contribution in [2.24, 2.45) is 0 Å². The fraction of sp³-hybridized carbons (Fsp3) is 0.350. The minimum atomic E-state index is -0.245. The summed E-state index contributed by atoms with van der Waals surface area (Å²) in [7, 11) is 0. The van der Waals surface area contributed by atoms with E-state index in [1.165, 1.54) is 0 Å². The molecule has 2 N–H and O–H groups in total. The quantitative estimate of drug-likeness (QED) is 0.844. The zero-order valence-corrected chi connectivity index (χ0v) is 15.1. The van der Waals surface area contributed by atoms with Crippen LogP contribution < -0.4 is 10.6 Å². The van der Waals surface area contributed by atoms with Gasteiger partial charge in [-0.25, -0.2) is 0 Å². The summed E-state index contributed by atoms with van der Waals surface area (Å²) in [6.45, 7) is 3.87. The van der Waals surface area contributed by atoms with E-state index in [4.69, 9.17) is 0 Å². The van der Waals surface area contributed by atoms with Gasteiger partial charge in [0, 0.05) is 44.6 Å². The van der Waals surface area contributed by atoms with Crippen LogP contribution in [0.5, 0.6) is 0 Å². The maximum atomic E-state index is 13.1. The van der Waals surface area contributed by atoms with Crippen molar-refractivity contribution in [3.63, 3.8) is 0 Å². The van der Waals surface area contributed by atoms with Crippen molar-refractivity contribution in [1.82, 2.24) is 20.1 Å². The molecule has 7 heteroatoms. The number of carbonyl (C=O) groups is 2. The predicted molar refractivity (Wildman–Crippen MR) is 102 cm³/mol. The average molecular weight is 365 g/mol.